The number of aliphatic imine (C=N–C) groups is 1. The van der Waals surface area contributed by atoms with Crippen molar-refractivity contribution < 1.29 is 9.84 Å². The topological polar surface area (TPSA) is 97.7 Å². The van der Waals surface area contributed by atoms with E-state index in [0.29, 0.717) is 18.9 Å². The minimum atomic E-state index is -0.149. The molecule has 1 fully saturated rings. The maximum atomic E-state index is 9.48. The monoisotopic (exact) mass is 391 g/mol. The molecule has 2 aliphatic rings. The van der Waals surface area contributed by atoms with Gasteiger partial charge in [-0.15, -0.1) is 0 Å². The molecule has 0 spiro atoms. The van der Waals surface area contributed by atoms with E-state index in [4.69, 9.17) is 15.5 Å². The Hall–Kier alpha value is -2.90. The fourth-order valence-corrected chi connectivity index (χ4v) is 4.33. The van der Waals surface area contributed by atoms with Crippen LogP contribution in [0.3, 0.4) is 0 Å². The predicted molar refractivity (Wildman–Crippen MR) is 113 cm³/mol. The summed E-state index contributed by atoms with van der Waals surface area (Å²) in [6.45, 7) is 1.34. The number of nitrogens with two attached hydrogens (primary N) is 1. The SMILES string of the molecule is NC1=NCCc2c1nc(NCc1cccc3ccccc13)n2C1CCC(CO)O1. The summed E-state index contributed by atoms with van der Waals surface area (Å²) in [6.07, 6.45) is 2.18. The Morgan fingerprint density at radius 3 is 2.90 bits per heavy atom. The quantitative estimate of drug-likeness (QED) is 0.621. The van der Waals surface area contributed by atoms with Crippen molar-refractivity contribution in [3.05, 3.63) is 59.4 Å². The summed E-state index contributed by atoms with van der Waals surface area (Å²) in [5.74, 6) is 1.22. The van der Waals surface area contributed by atoms with E-state index in [-0.39, 0.29) is 18.9 Å². The van der Waals surface area contributed by atoms with Gasteiger partial charge in [-0.05, 0) is 29.2 Å². The molecule has 3 aromatic rings. The van der Waals surface area contributed by atoms with Crippen LogP contribution in [0.4, 0.5) is 5.95 Å². The highest BCUT2D eigenvalue weighted by molar-refractivity contribution is 5.98. The number of aliphatic hydroxyl groups excluding tert-OH is 1. The van der Waals surface area contributed by atoms with Crippen LogP contribution < -0.4 is 11.1 Å². The van der Waals surface area contributed by atoms with Crippen LogP contribution in [0.15, 0.2) is 47.5 Å². The fraction of sp³-hybridized carbons (Fsp3) is 0.364. The molecule has 7 nitrogen and oxygen atoms in total. The Bertz CT molecular complexity index is 1070. The predicted octanol–water partition coefficient (Wildman–Crippen LogP) is 2.58. The first-order valence-corrected chi connectivity index (χ1v) is 10.1. The van der Waals surface area contributed by atoms with Crippen molar-refractivity contribution in [1.29, 1.82) is 0 Å². The number of hydrogen-bond acceptors (Lipinski definition) is 6. The van der Waals surface area contributed by atoms with Crippen molar-refractivity contribution in [2.24, 2.45) is 10.7 Å². The first-order chi connectivity index (χ1) is 14.2. The molecule has 150 valence electrons. The molecule has 0 aliphatic carbocycles. The molecule has 0 saturated carbocycles. The average Bonchev–Trinajstić information content (AvgIpc) is 3.37. The lowest BCUT2D eigenvalue weighted by Gasteiger charge is -2.21. The van der Waals surface area contributed by atoms with Gasteiger partial charge in [0.15, 0.2) is 0 Å². The molecular formula is C22H25N5O2. The Balaban J connectivity index is 1.49. The van der Waals surface area contributed by atoms with Crippen LogP contribution in [0, 0.1) is 0 Å². The number of nitrogens with one attached hydrogen (secondary N) is 1. The third kappa shape index (κ3) is 3.26. The third-order valence-corrected chi connectivity index (χ3v) is 5.78. The largest absolute Gasteiger partial charge is 0.394 e. The van der Waals surface area contributed by atoms with E-state index in [2.05, 4.69) is 57.3 Å². The zero-order valence-electron chi connectivity index (χ0n) is 16.2. The molecule has 2 atom stereocenters. The van der Waals surface area contributed by atoms with Gasteiger partial charge in [0.1, 0.15) is 17.8 Å². The second-order valence-corrected chi connectivity index (χ2v) is 7.58. The molecule has 1 saturated heterocycles. The fourth-order valence-electron chi connectivity index (χ4n) is 4.33. The van der Waals surface area contributed by atoms with Crippen molar-refractivity contribution in [2.75, 3.05) is 18.5 Å². The van der Waals surface area contributed by atoms with Crippen LogP contribution in [0.25, 0.3) is 10.8 Å². The van der Waals surface area contributed by atoms with Crippen LogP contribution in [-0.2, 0) is 17.7 Å². The molecule has 29 heavy (non-hydrogen) atoms. The van der Waals surface area contributed by atoms with Gasteiger partial charge in [0.25, 0.3) is 0 Å². The summed E-state index contributed by atoms with van der Waals surface area (Å²) in [4.78, 5) is 9.13. The van der Waals surface area contributed by atoms with Crippen molar-refractivity contribution in [2.45, 2.75) is 38.1 Å². The maximum absolute atomic E-state index is 9.48. The molecular weight excluding hydrogens is 366 g/mol. The van der Waals surface area contributed by atoms with Gasteiger partial charge < -0.3 is 20.9 Å². The van der Waals surface area contributed by atoms with Crippen molar-refractivity contribution >= 4 is 22.6 Å². The number of anilines is 1. The van der Waals surface area contributed by atoms with E-state index >= 15 is 0 Å². The van der Waals surface area contributed by atoms with E-state index in [1.165, 1.54) is 16.3 Å². The molecule has 0 amide bonds. The number of rotatable bonds is 5. The molecule has 0 bridgehead atoms. The van der Waals surface area contributed by atoms with E-state index in [0.717, 1.165) is 36.6 Å². The highest BCUT2D eigenvalue weighted by Crippen LogP contribution is 2.34. The summed E-state index contributed by atoms with van der Waals surface area (Å²) in [5.41, 5.74) is 9.13. The number of fused-ring (bicyclic) bond motifs is 2. The summed E-state index contributed by atoms with van der Waals surface area (Å²) in [5, 5.41) is 15.4. The Morgan fingerprint density at radius 1 is 1.17 bits per heavy atom. The van der Waals surface area contributed by atoms with E-state index < -0.39 is 0 Å². The zero-order chi connectivity index (χ0) is 19.8. The Kier molecular flexibility index (Phi) is 4.69. The molecule has 5 rings (SSSR count). The van der Waals surface area contributed by atoms with Gasteiger partial charge in [0, 0.05) is 19.5 Å². The number of aliphatic hydroxyl groups is 1. The first-order valence-electron chi connectivity index (χ1n) is 10.1. The number of aromatic nitrogens is 2. The molecule has 3 heterocycles. The van der Waals surface area contributed by atoms with Gasteiger partial charge in [0.05, 0.1) is 18.4 Å². The Morgan fingerprint density at radius 2 is 2.03 bits per heavy atom. The van der Waals surface area contributed by atoms with Crippen molar-refractivity contribution in [1.82, 2.24) is 9.55 Å². The zero-order valence-corrected chi connectivity index (χ0v) is 16.2. The summed E-state index contributed by atoms with van der Waals surface area (Å²) in [6, 6.07) is 14.7. The molecule has 2 unspecified atom stereocenters. The molecule has 4 N–H and O–H groups in total. The Labute approximate surface area is 169 Å². The number of hydrogen-bond donors (Lipinski definition) is 3. The van der Waals surface area contributed by atoms with Crippen LogP contribution in [-0.4, -0.2) is 39.7 Å². The van der Waals surface area contributed by atoms with Gasteiger partial charge >= 0.3 is 0 Å². The standard InChI is InChI=1S/C22H25N5O2/c23-21-20-18(10-11-24-21)27(19-9-8-16(13-28)29-19)22(26-20)25-12-15-6-3-5-14-4-1-2-7-17(14)15/h1-7,16,19,28H,8-13H2,(H2,23,24)(H,25,26). The average molecular weight is 391 g/mol. The van der Waals surface area contributed by atoms with Crippen LogP contribution >= 0.6 is 0 Å². The number of imidazole rings is 1. The van der Waals surface area contributed by atoms with Gasteiger partial charge in [-0.3, -0.25) is 9.56 Å². The van der Waals surface area contributed by atoms with Gasteiger partial charge in [-0.1, -0.05) is 42.5 Å². The lowest BCUT2D eigenvalue weighted by Crippen LogP contribution is -2.24. The van der Waals surface area contributed by atoms with Gasteiger partial charge in [-0.25, -0.2) is 4.98 Å². The lowest BCUT2D eigenvalue weighted by atomic mass is 10.0. The minimum Gasteiger partial charge on any atom is -0.394 e. The van der Waals surface area contributed by atoms with Crippen molar-refractivity contribution in [3.63, 3.8) is 0 Å². The smallest absolute Gasteiger partial charge is 0.206 e. The molecule has 1 aromatic heterocycles. The van der Waals surface area contributed by atoms with E-state index in [1.807, 2.05) is 0 Å². The van der Waals surface area contributed by atoms with E-state index in [1.54, 1.807) is 0 Å². The molecule has 7 heteroatoms. The molecule has 2 aliphatic heterocycles. The van der Waals surface area contributed by atoms with Gasteiger partial charge in [-0.2, -0.15) is 0 Å². The first kappa shape index (κ1) is 18.1. The summed E-state index contributed by atoms with van der Waals surface area (Å²) < 4.78 is 8.19. The molecule has 0 radical (unpaired) electrons. The van der Waals surface area contributed by atoms with Crippen LogP contribution in [0.5, 0.6) is 0 Å². The number of benzene rings is 2. The van der Waals surface area contributed by atoms with E-state index in [9.17, 15) is 5.11 Å². The molecule has 2 aromatic carbocycles. The maximum Gasteiger partial charge on any atom is 0.206 e. The second kappa shape index (κ2) is 7.50. The van der Waals surface area contributed by atoms with Crippen LogP contribution in [0.2, 0.25) is 0 Å². The second-order valence-electron chi connectivity index (χ2n) is 7.58. The summed E-state index contributed by atoms with van der Waals surface area (Å²) >= 11 is 0. The number of amidine groups is 1. The van der Waals surface area contributed by atoms with Gasteiger partial charge in [0.2, 0.25) is 5.95 Å². The lowest BCUT2D eigenvalue weighted by molar-refractivity contribution is -0.0225. The summed E-state index contributed by atoms with van der Waals surface area (Å²) in [7, 11) is 0. The van der Waals surface area contributed by atoms with Crippen LogP contribution in [0.1, 0.15) is 36.0 Å². The van der Waals surface area contributed by atoms with Crippen molar-refractivity contribution in [3.8, 4) is 0 Å². The third-order valence-electron chi connectivity index (χ3n) is 5.78. The normalized spacial score (nSPS) is 21.2. The highest BCUT2D eigenvalue weighted by Gasteiger charge is 2.32. The minimum absolute atomic E-state index is 0.0375. The number of nitrogens with zero attached hydrogens (tertiary/aromatic N) is 3. The number of ether oxygens (including phenoxy) is 1. The highest BCUT2D eigenvalue weighted by atomic mass is 16.5.